The smallest absolute Gasteiger partial charge is 0.242 e. The Hall–Kier alpha value is -1.65. The van der Waals surface area contributed by atoms with Crippen molar-refractivity contribution in [1.29, 1.82) is 0 Å². The Bertz CT molecular complexity index is 426. The van der Waals surface area contributed by atoms with E-state index in [0.717, 1.165) is 13.0 Å². The summed E-state index contributed by atoms with van der Waals surface area (Å²) in [5.41, 5.74) is 0.473. The van der Waals surface area contributed by atoms with Crippen molar-refractivity contribution in [1.82, 2.24) is 19.5 Å². The Kier molecular flexibility index (Phi) is 2.53. The van der Waals surface area contributed by atoms with Gasteiger partial charge in [-0.05, 0) is 5.92 Å². The average Bonchev–Trinajstić information content (AvgIpc) is 2.71. The SMILES string of the molecule is CCC(C)Cn1cnc(O)c2ncnc1-2. The van der Waals surface area contributed by atoms with Gasteiger partial charge in [0.15, 0.2) is 11.5 Å². The predicted octanol–water partition coefficient (Wildman–Crippen LogP) is 1.53. The molecule has 80 valence electrons. The fourth-order valence-electron chi connectivity index (χ4n) is 1.47. The molecule has 0 amide bonds. The first-order chi connectivity index (χ1) is 7.22. The molecule has 2 rings (SSSR count). The summed E-state index contributed by atoms with van der Waals surface area (Å²) < 4.78 is 1.93. The molecular formula is C10H14N4O. The Labute approximate surface area is 88.2 Å². The molecule has 0 saturated carbocycles. The standard InChI is InChI=1S/C10H14N4O/c1-3-7(2)4-14-6-13-10(15)8-9(14)12-5-11-8/h5-7,15H,3-4H2,1-2H3. The molecule has 2 aliphatic heterocycles. The topological polar surface area (TPSA) is 63.8 Å². The number of aromatic hydroxyl groups is 1. The van der Waals surface area contributed by atoms with Crippen molar-refractivity contribution in [2.75, 3.05) is 0 Å². The minimum absolute atomic E-state index is 0.0529. The fraction of sp³-hybridized carbons (Fsp3) is 0.500. The summed E-state index contributed by atoms with van der Waals surface area (Å²) in [6, 6.07) is 0. The highest BCUT2D eigenvalue weighted by atomic mass is 16.3. The van der Waals surface area contributed by atoms with Crippen LogP contribution in [0.5, 0.6) is 5.88 Å². The van der Waals surface area contributed by atoms with Gasteiger partial charge in [-0.1, -0.05) is 20.3 Å². The van der Waals surface area contributed by atoms with Crippen LogP contribution >= 0.6 is 0 Å². The monoisotopic (exact) mass is 206 g/mol. The molecule has 0 fully saturated rings. The van der Waals surface area contributed by atoms with Crippen LogP contribution in [0.15, 0.2) is 12.7 Å². The Morgan fingerprint density at radius 3 is 2.93 bits per heavy atom. The van der Waals surface area contributed by atoms with E-state index in [0.29, 0.717) is 17.4 Å². The van der Waals surface area contributed by atoms with Crippen molar-refractivity contribution in [2.24, 2.45) is 5.92 Å². The summed E-state index contributed by atoms with van der Waals surface area (Å²) in [6.45, 7) is 5.16. The van der Waals surface area contributed by atoms with Gasteiger partial charge in [0, 0.05) is 6.54 Å². The van der Waals surface area contributed by atoms with Crippen molar-refractivity contribution in [2.45, 2.75) is 26.8 Å². The lowest BCUT2D eigenvalue weighted by Gasteiger charge is -2.14. The summed E-state index contributed by atoms with van der Waals surface area (Å²) in [6.07, 6.45) is 4.15. The summed E-state index contributed by atoms with van der Waals surface area (Å²) in [5, 5.41) is 9.45. The van der Waals surface area contributed by atoms with Crippen molar-refractivity contribution in [3.63, 3.8) is 0 Å². The van der Waals surface area contributed by atoms with Crippen LogP contribution in [-0.2, 0) is 6.54 Å². The number of aromatic nitrogens is 4. The normalized spacial score (nSPS) is 13.2. The first-order valence-electron chi connectivity index (χ1n) is 5.07. The van der Waals surface area contributed by atoms with Crippen LogP contribution in [0.4, 0.5) is 0 Å². The molecule has 0 bridgehead atoms. The molecule has 0 aromatic rings. The lowest BCUT2D eigenvalue weighted by Crippen LogP contribution is -2.11. The fourth-order valence-corrected chi connectivity index (χ4v) is 1.47. The van der Waals surface area contributed by atoms with E-state index in [4.69, 9.17) is 0 Å². The number of rotatable bonds is 3. The zero-order valence-electron chi connectivity index (χ0n) is 8.88. The largest absolute Gasteiger partial charge is 0.492 e. The molecule has 0 aliphatic carbocycles. The summed E-state index contributed by atoms with van der Waals surface area (Å²) in [4.78, 5) is 12.0. The van der Waals surface area contributed by atoms with Crippen LogP contribution in [0.3, 0.4) is 0 Å². The molecular weight excluding hydrogens is 192 g/mol. The third-order valence-corrected chi connectivity index (χ3v) is 2.59. The van der Waals surface area contributed by atoms with Crippen LogP contribution in [0.25, 0.3) is 11.5 Å². The average molecular weight is 206 g/mol. The minimum atomic E-state index is -0.0529. The zero-order chi connectivity index (χ0) is 10.8. The van der Waals surface area contributed by atoms with Crippen LogP contribution in [0.2, 0.25) is 0 Å². The highest BCUT2D eigenvalue weighted by Gasteiger charge is 2.16. The van der Waals surface area contributed by atoms with Gasteiger partial charge in [-0.15, -0.1) is 0 Å². The van der Waals surface area contributed by atoms with Crippen molar-refractivity contribution in [3.8, 4) is 17.4 Å². The molecule has 1 atom stereocenters. The van der Waals surface area contributed by atoms with Gasteiger partial charge in [-0.25, -0.2) is 15.0 Å². The molecule has 15 heavy (non-hydrogen) atoms. The molecule has 0 spiro atoms. The molecule has 5 heteroatoms. The third-order valence-electron chi connectivity index (χ3n) is 2.59. The predicted molar refractivity (Wildman–Crippen MR) is 55.6 cm³/mol. The first kappa shape index (κ1) is 9.89. The maximum Gasteiger partial charge on any atom is 0.242 e. The van der Waals surface area contributed by atoms with Gasteiger partial charge in [0.05, 0.1) is 0 Å². The Morgan fingerprint density at radius 1 is 1.40 bits per heavy atom. The van der Waals surface area contributed by atoms with Crippen LogP contribution in [-0.4, -0.2) is 24.6 Å². The van der Waals surface area contributed by atoms with Gasteiger partial charge in [-0.2, -0.15) is 0 Å². The van der Waals surface area contributed by atoms with E-state index in [1.54, 1.807) is 6.33 Å². The molecule has 1 N–H and O–H groups in total. The van der Waals surface area contributed by atoms with Crippen LogP contribution < -0.4 is 0 Å². The molecule has 0 aromatic carbocycles. The molecule has 2 aliphatic rings. The summed E-state index contributed by atoms with van der Waals surface area (Å²) in [7, 11) is 0. The van der Waals surface area contributed by atoms with E-state index in [-0.39, 0.29) is 5.88 Å². The number of imidazole rings is 1. The Morgan fingerprint density at radius 2 is 2.20 bits per heavy atom. The zero-order valence-corrected chi connectivity index (χ0v) is 8.88. The van der Waals surface area contributed by atoms with Gasteiger partial charge in [-0.3, -0.25) is 0 Å². The van der Waals surface area contributed by atoms with Crippen molar-refractivity contribution >= 4 is 0 Å². The number of hydrogen-bond donors (Lipinski definition) is 1. The second-order valence-corrected chi connectivity index (χ2v) is 3.78. The van der Waals surface area contributed by atoms with E-state index in [9.17, 15) is 5.11 Å². The maximum atomic E-state index is 9.45. The van der Waals surface area contributed by atoms with E-state index in [1.165, 1.54) is 6.33 Å². The molecule has 0 saturated heterocycles. The van der Waals surface area contributed by atoms with E-state index in [2.05, 4.69) is 28.8 Å². The molecule has 1 unspecified atom stereocenters. The summed E-state index contributed by atoms with van der Waals surface area (Å²) in [5.74, 6) is 1.20. The molecule has 5 nitrogen and oxygen atoms in total. The van der Waals surface area contributed by atoms with Gasteiger partial charge < -0.3 is 9.67 Å². The maximum absolute atomic E-state index is 9.45. The Balaban J connectivity index is 2.37. The van der Waals surface area contributed by atoms with E-state index < -0.39 is 0 Å². The van der Waals surface area contributed by atoms with Gasteiger partial charge >= 0.3 is 0 Å². The summed E-state index contributed by atoms with van der Waals surface area (Å²) >= 11 is 0. The number of fused-ring (bicyclic) bond motifs is 1. The lowest BCUT2D eigenvalue weighted by atomic mass is 10.1. The third kappa shape index (κ3) is 1.77. The van der Waals surface area contributed by atoms with E-state index in [1.807, 2.05) is 4.57 Å². The lowest BCUT2D eigenvalue weighted by molar-refractivity contribution is 0.432. The van der Waals surface area contributed by atoms with Gasteiger partial charge in [0.2, 0.25) is 5.88 Å². The van der Waals surface area contributed by atoms with Gasteiger partial charge in [0.1, 0.15) is 12.7 Å². The van der Waals surface area contributed by atoms with Crippen molar-refractivity contribution in [3.05, 3.63) is 12.7 Å². The second kappa shape index (κ2) is 3.84. The molecule has 0 radical (unpaired) electrons. The minimum Gasteiger partial charge on any atom is -0.492 e. The number of nitrogens with zero attached hydrogens (tertiary/aromatic N) is 4. The molecule has 0 aromatic heterocycles. The van der Waals surface area contributed by atoms with Gasteiger partial charge in [0.25, 0.3) is 0 Å². The van der Waals surface area contributed by atoms with Crippen LogP contribution in [0, 0.1) is 5.92 Å². The van der Waals surface area contributed by atoms with Crippen molar-refractivity contribution < 1.29 is 5.11 Å². The quantitative estimate of drug-likeness (QED) is 0.827. The van der Waals surface area contributed by atoms with E-state index >= 15 is 0 Å². The highest BCUT2D eigenvalue weighted by molar-refractivity contribution is 5.56. The molecule has 2 heterocycles. The first-order valence-corrected chi connectivity index (χ1v) is 5.07. The second-order valence-electron chi connectivity index (χ2n) is 3.78. The highest BCUT2D eigenvalue weighted by Crippen LogP contribution is 2.25. The van der Waals surface area contributed by atoms with Crippen LogP contribution in [0.1, 0.15) is 20.3 Å². The number of hydrogen-bond acceptors (Lipinski definition) is 4.